The molecule has 2 rings (SSSR count). The highest BCUT2D eigenvalue weighted by molar-refractivity contribution is 5.94. The Morgan fingerprint density at radius 2 is 1.58 bits per heavy atom. The average Bonchev–Trinajstić information content (AvgIpc) is 2.46. The van der Waals surface area contributed by atoms with Crippen molar-refractivity contribution in [2.75, 3.05) is 0 Å². The number of carbonyl (C=O) groups is 1. The van der Waals surface area contributed by atoms with E-state index in [-0.39, 0.29) is 18.3 Å². The van der Waals surface area contributed by atoms with Gasteiger partial charge >= 0.3 is 0 Å². The van der Waals surface area contributed by atoms with E-state index >= 15 is 0 Å². The molecular formula is C15H14FNO2. The summed E-state index contributed by atoms with van der Waals surface area (Å²) in [5.41, 5.74) is 2.19. The zero-order valence-electron chi connectivity index (χ0n) is 10.3. The van der Waals surface area contributed by atoms with Crippen LogP contribution in [-0.2, 0) is 13.2 Å². The van der Waals surface area contributed by atoms with E-state index in [9.17, 15) is 9.18 Å². The fourth-order valence-corrected chi connectivity index (χ4v) is 1.65. The largest absolute Gasteiger partial charge is 0.392 e. The van der Waals surface area contributed by atoms with Gasteiger partial charge in [-0.1, -0.05) is 24.3 Å². The molecule has 2 N–H and O–H groups in total. The first-order chi connectivity index (χ1) is 9.19. The number of aliphatic hydroxyl groups is 1. The van der Waals surface area contributed by atoms with Gasteiger partial charge in [-0.25, -0.2) is 4.39 Å². The van der Waals surface area contributed by atoms with Crippen LogP contribution in [0.25, 0.3) is 0 Å². The minimum atomic E-state index is -0.365. The highest BCUT2D eigenvalue weighted by Crippen LogP contribution is 2.06. The molecule has 0 atom stereocenters. The lowest BCUT2D eigenvalue weighted by Crippen LogP contribution is -2.22. The number of halogens is 1. The van der Waals surface area contributed by atoms with Gasteiger partial charge < -0.3 is 10.4 Å². The molecule has 98 valence electrons. The fraction of sp³-hybridized carbons (Fsp3) is 0.133. The second-order valence-corrected chi connectivity index (χ2v) is 4.16. The number of benzene rings is 2. The smallest absolute Gasteiger partial charge is 0.251 e. The van der Waals surface area contributed by atoms with Crippen LogP contribution in [0.1, 0.15) is 21.5 Å². The Morgan fingerprint density at radius 1 is 1.00 bits per heavy atom. The van der Waals surface area contributed by atoms with E-state index in [1.165, 1.54) is 24.3 Å². The quantitative estimate of drug-likeness (QED) is 0.884. The summed E-state index contributed by atoms with van der Waals surface area (Å²) in [5.74, 6) is -0.609. The standard InChI is InChI=1S/C15H14FNO2/c16-14-7-5-13(6-8-14)15(19)17-9-11-1-3-12(10-18)4-2-11/h1-8,18H,9-10H2,(H,17,19). The SMILES string of the molecule is O=C(NCc1ccc(CO)cc1)c1ccc(F)cc1. The zero-order valence-corrected chi connectivity index (χ0v) is 10.3. The predicted octanol–water partition coefficient (Wildman–Crippen LogP) is 2.25. The van der Waals surface area contributed by atoms with Crippen LogP contribution in [0.2, 0.25) is 0 Å². The van der Waals surface area contributed by atoms with Crippen LogP contribution in [0.5, 0.6) is 0 Å². The molecule has 0 unspecified atom stereocenters. The van der Waals surface area contributed by atoms with Crippen molar-refractivity contribution in [2.45, 2.75) is 13.2 Å². The summed E-state index contributed by atoms with van der Waals surface area (Å²) in [6.07, 6.45) is 0. The topological polar surface area (TPSA) is 49.3 Å². The van der Waals surface area contributed by atoms with E-state index in [0.29, 0.717) is 12.1 Å². The Labute approximate surface area is 110 Å². The first kappa shape index (κ1) is 13.2. The maximum absolute atomic E-state index is 12.7. The summed E-state index contributed by atoms with van der Waals surface area (Å²) < 4.78 is 12.7. The van der Waals surface area contributed by atoms with Gasteiger partial charge in [0.15, 0.2) is 0 Å². The van der Waals surface area contributed by atoms with Gasteiger partial charge in [-0.15, -0.1) is 0 Å². The first-order valence-electron chi connectivity index (χ1n) is 5.91. The Hall–Kier alpha value is -2.20. The number of rotatable bonds is 4. The van der Waals surface area contributed by atoms with E-state index in [4.69, 9.17) is 5.11 Å². The molecular weight excluding hydrogens is 245 g/mol. The number of hydrogen-bond donors (Lipinski definition) is 2. The predicted molar refractivity (Wildman–Crippen MR) is 69.9 cm³/mol. The Morgan fingerprint density at radius 3 is 2.16 bits per heavy atom. The second-order valence-electron chi connectivity index (χ2n) is 4.16. The summed E-state index contributed by atoms with van der Waals surface area (Å²) in [4.78, 5) is 11.8. The third-order valence-corrected chi connectivity index (χ3v) is 2.77. The van der Waals surface area contributed by atoms with Gasteiger partial charge in [0.05, 0.1) is 6.61 Å². The van der Waals surface area contributed by atoms with Crippen LogP contribution >= 0.6 is 0 Å². The molecule has 0 saturated carbocycles. The van der Waals surface area contributed by atoms with Crippen LogP contribution < -0.4 is 5.32 Å². The maximum Gasteiger partial charge on any atom is 0.251 e. The van der Waals surface area contributed by atoms with Crippen LogP contribution in [0, 0.1) is 5.82 Å². The molecule has 0 aliphatic rings. The molecule has 0 aliphatic heterocycles. The zero-order chi connectivity index (χ0) is 13.7. The van der Waals surface area contributed by atoms with Crippen LogP contribution in [0.15, 0.2) is 48.5 Å². The van der Waals surface area contributed by atoms with Gasteiger partial charge in [0.2, 0.25) is 0 Å². The van der Waals surface area contributed by atoms with Gasteiger partial charge in [-0.3, -0.25) is 4.79 Å². The molecule has 2 aromatic carbocycles. The van der Waals surface area contributed by atoms with Gasteiger partial charge in [-0.2, -0.15) is 0 Å². The monoisotopic (exact) mass is 259 g/mol. The summed E-state index contributed by atoms with van der Waals surface area (Å²) in [6, 6.07) is 12.7. The third-order valence-electron chi connectivity index (χ3n) is 2.77. The van der Waals surface area contributed by atoms with Crippen LogP contribution in [0.3, 0.4) is 0 Å². The first-order valence-corrected chi connectivity index (χ1v) is 5.91. The molecule has 0 bridgehead atoms. The maximum atomic E-state index is 12.7. The molecule has 4 heteroatoms. The number of aliphatic hydroxyl groups excluding tert-OH is 1. The average molecular weight is 259 g/mol. The van der Waals surface area contributed by atoms with Crippen molar-refractivity contribution in [3.8, 4) is 0 Å². The van der Waals surface area contributed by atoms with E-state index in [1.54, 1.807) is 12.1 Å². The van der Waals surface area contributed by atoms with Crippen molar-refractivity contribution in [3.05, 3.63) is 71.0 Å². The summed E-state index contributed by atoms with van der Waals surface area (Å²) >= 11 is 0. The second kappa shape index (κ2) is 6.11. The molecule has 0 spiro atoms. The normalized spacial score (nSPS) is 10.2. The molecule has 0 saturated heterocycles. The van der Waals surface area contributed by atoms with Crippen LogP contribution in [-0.4, -0.2) is 11.0 Å². The number of nitrogens with one attached hydrogen (secondary N) is 1. The highest BCUT2D eigenvalue weighted by atomic mass is 19.1. The van der Waals surface area contributed by atoms with E-state index in [1.807, 2.05) is 12.1 Å². The van der Waals surface area contributed by atoms with Crippen molar-refractivity contribution < 1.29 is 14.3 Å². The van der Waals surface area contributed by atoms with Crippen molar-refractivity contribution in [3.63, 3.8) is 0 Å². The van der Waals surface area contributed by atoms with Crippen molar-refractivity contribution in [1.82, 2.24) is 5.32 Å². The van der Waals surface area contributed by atoms with Gasteiger partial charge in [0.25, 0.3) is 5.91 Å². The molecule has 0 aliphatic carbocycles. The lowest BCUT2D eigenvalue weighted by molar-refractivity contribution is 0.0951. The van der Waals surface area contributed by atoms with Crippen molar-refractivity contribution in [1.29, 1.82) is 0 Å². The molecule has 0 heterocycles. The lowest BCUT2D eigenvalue weighted by atomic mass is 10.1. The van der Waals surface area contributed by atoms with E-state index in [2.05, 4.69) is 5.32 Å². The summed E-state index contributed by atoms with van der Waals surface area (Å²) in [6.45, 7) is 0.393. The Bertz CT molecular complexity index is 549. The minimum Gasteiger partial charge on any atom is -0.392 e. The Balaban J connectivity index is 1.94. The highest BCUT2D eigenvalue weighted by Gasteiger charge is 2.05. The molecule has 0 radical (unpaired) electrons. The summed E-state index contributed by atoms with van der Waals surface area (Å²) in [5, 5.41) is 11.7. The molecule has 0 aromatic heterocycles. The molecule has 3 nitrogen and oxygen atoms in total. The summed E-state index contributed by atoms with van der Waals surface area (Å²) in [7, 11) is 0. The Kier molecular flexibility index (Phi) is 4.26. The van der Waals surface area contributed by atoms with Gasteiger partial charge in [0.1, 0.15) is 5.82 Å². The lowest BCUT2D eigenvalue weighted by Gasteiger charge is -2.06. The number of hydrogen-bond acceptors (Lipinski definition) is 2. The molecule has 0 fully saturated rings. The number of carbonyl (C=O) groups excluding carboxylic acids is 1. The van der Waals surface area contributed by atoms with Crippen molar-refractivity contribution >= 4 is 5.91 Å². The fourth-order valence-electron chi connectivity index (χ4n) is 1.65. The molecule has 19 heavy (non-hydrogen) atoms. The van der Waals surface area contributed by atoms with Crippen LogP contribution in [0.4, 0.5) is 4.39 Å². The third kappa shape index (κ3) is 3.63. The minimum absolute atomic E-state index is 0.00220. The molecule has 1 amide bonds. The van der Waals surface area contributed by atoms with E-state index in [0.717, 1.165) is 11.1 Å². The van der Waals surface area contributed by atoms with E-state index < -0.39 is 0 Å². The van der Waals surface area contributed by atoms with Gasteiger partial charge in [-0.05, 0) is 35.4 Å². The number of amides is 1. The van der Waals surface area contributed by atoms with Gasteiger partial charge in [0, 0.05) is 12.1 Å². The molecule has 2 aromatic rings. The van der Waals surface area contributed by atoms with Crippen molar-refractivity contribution in [2.24, 2.45) is 0 Å².